The van der Waals surface area contributed by atoms with E-state index in [0.717, 1.165) is 16.8 Å². The van der Waals surface area contributed by atoms with Crippen molar-refractivity contribution in [2.24, 2.45) is 5.10 Å². The molecule has 3 aromatic rings. The second-order valence-electron chi connectivity index (χ2n) is 5.35. The van der Waals surface area contributed by atoms with E-state index in [-0.39, 0.29) is 11.4 Å². The first kappa shape index (κ1) is 17.1. The molecule has 0 bridgehead atoms. The van der Waals surface area contributed by atoms with Gasteiger partial charge in [0.15, 0.2) is 0 Å². The lowest BCUT2D eigenvalue weighted by Crippen LogP contribution is -2.32. The Morgan fingerprint density at radius 1 is 0.962 bits per heavy atom. The molecule has 0 aliphatic rings. The summed E-state index contributed by atoms with van der Waals surface area (Å²) in [7, 11) is 0. The molecule has 7 heteroatoms. The van der Waals surface area contributed by atoms with E-state index in [1.165, 1.54) is 30.5 Å². The molecular weight excluding hydrogens is 337 g/mol. The van der Waals surface area contributed by atoms with Crippen molar-refractivity contribution in [3.8, 4) is 5.75 Å². The SMILES string of the molecule is O=C(NN=Cc1c(O)ccc2ccccc12)C(=O)Nc1ccccc1F. The van der Waals surface area contributed by atoms with Crippen molar-refractivity contribution in [3.63, 3.8) is 0 Å². The van der Waals surface area contributed by atoms with Crippen LogP contribution in [0.25, 0.3) is 10.8 Å². The lowest BCUT2D eigenvalue weighted by Gasteiger charge is -2.06. The molecule has 26 heavy (non-hydrogen) atoms. The molecule has 0 atom stereocenters. The molecule has 0 saturated carbocycles. The number of nitrogens with zero attached hydrogens (tertiary/aromatic N) is 1. The minimum absolute atomic E-state index is 0.0162. The van der Waals surface area contributed by atoms with Gasteiger partial charge in [-0.15, -0.1) is 0 Å². The van der Waals surface area contributed by atoms with Gasteiger partial charge < -0.3 is 10.4 Å². The number of phenolic OH excluding ortho intramolecular Hbond substituents is 1. The normalized spacial score (nSPS) is 10.8. The zero-order chi connectivity index (χ0) is 18.5. The molecular formula is C19H14FN3O3. The summed E-state index contributed by atoms with van der Waals surface area (Å²) in [5, 5.41) is 17.5. The van der Waals surface area contributed by atoms with Crippen molar-refractivity contribution < 1.29 is 19.1 Å². The number of para-hydroxylation sites is 1. The Morgan fingerprint density at radius 3 is 2.50 bits per heavy atom. The molecule has 6 nitrogen and oxygen atoms in total. The summed E-state index contributed by atoms with van der Waals surface area (Å²) in [6, 6.07) is 16.1. The first-order valence-corrected chi connectivity index (χ1v) is 7.66. The fourth-order valence-electron chi connectivity index (χ4n) is 2.37. The average Bonchev–Trinajstić information content (AvgIpc) is 2.65. The number of anilines is 1. The minimum atomic E-state index is -1.07. The Hall–Kier alpha value is -3.74. The van der Waals surface area contributed by atoms with Crippen molar-refractivity contribution in [2.75, 3.05) is 5.32 Å². The molecule has 0 aliphatic carbocycles. The lowest BCUT2D eigenvalue weighted by molar-refractivity contribution is -0.136. The fraction of sp³-hybridized carbons (Fsp3) is 0. The molecule has 0 saturated heterocycles. The molecule has 0 unspecified atom stereocenters. The number of rotatable bonds is 3. The first-order valence-electron chi connectivity index (χ1n) is 7.66. The standard InChI is InChI=1S/C19H14FN3O3/c20-15-7-3-4-8-16(15)22-18(25)19(26)23-21-11-14-13-6-2-1-5-12(13)9-10-17(14)24/h1-11,24H,(H,22,25)(H,23,26). The Kier molecular flexibility index (Phi) is 4.89. The maximum absolute atomic E-state index is 13.5. The summed E-state index contributed by atoms with van der Waals surface area (Å²) in [5.41, 5.74) is 2.34. The van der Waals surface area contributed by atoms with Gasteiger partial charge in [-0.25, -0.2) is 9.82 Å². The predicted octanol–water partition coefficient (Wildman–Crippen LogP) is 2.77. The lowest BCUT2D eigenvalue weighted by atomic mass is 10.0. The monoisotopic (exact) mass is 351 g/mol. The van der Waals surface area contributed by atoms with E-state index in [0.29, 0.717) is 5.56 Å². The summed E-state index contributed by atoms with van der Waals surface area (Å²) in [6.07, 6.45) is 1.24. The van der Waals surface area contributed by atoms with E-state index in [2.05, 4.69) is 10.4 Å². The minimum Gasteiger partial charge on any atom is -0.507 e. The van der Waals surface area contributed by atoms with Crippen molar-refractivity contribution in [1.82, 2.24) is 5.43 Å². The van der Waals surface area contributed by atoms with Crippen molar-refractivity contribution >= 4 is 34.5 Å². The third kappa shape index (κ3) is 3.67. The second-order valence-corrected chi connectivity index (χ2v) is 5.35. The number of carbonyl (C=O) groups excluding carboxylic acids is 2. The van der Waals surface area contributed by atoms with Gasteiger partial charge >= 0.3 is 11.8 Å². The maximum Gasteiger partial charge on any atom is 0.329 e. The number of amides is 2. The first-order chi connectivity index (χ1) is 12.6. The summed E-state index contributed by atoms with van der Waals surface area (Å²) in [4.78, 5) is 23.5. The number of hydrogen-bond donors (Lipinski definition) is 3. The molecule has 0 aromatic heterocycles. The number of halogens is 1. The number of phenols is 1. The Bertz CT molecular complexity index is 1020. The molecule has 0 fully saturated rings. The highest BCUT2D eigenvalue weighted by Crippen LogP contribution is 2.25. The number of carbonyl (C=O) groups is 2. The van der Waals surface area contributed by atoms with Crippen LogP contribution in [0, 0.1) is 5.82 Å². The van der Waals surface area contributed by atoms with Crippen LogP contribution in [0.1, 0.15) is 5.56 Å². The van der Waals surface area contributed by atoms with Crippen LogP contribution >= 0.6 is 0 Å². The van der Waals surface area contributed by atoms with E-state index in [1.54, 1.807) is 18.2 Å². The van der Waals surface area contributed by atoms with Gasteiger partial charge in [0.05, 0.1) is 11.9 Å². The van der Waals surface area contributed by atoms with Crippen LogP contribution in [0.4, 0.5) is 10.1 Å². The number of nitrogens with one attached hydrogen (secondary N) is 2. The Balaban J connectivity index is 1.71. The van der Waals surface area contributed by atoms with Gasteiger partial charge in [-0.05, 0) is 29.0 Å². The van der Waals surface area contributed by atoms with Crippen molar-refractivity contribution in [3.05, 3.63) is 72.0 Å². The smallest absolute Gasteiger partial charge is 0.329 e. The van der Waals surface area contributed by atoms with Gasteiger partial charge in [0.2, 0.25) is 0 Å². The number of hydrogen-bond acceptors (Lipinski definition) is 4. The van der Waals surface area contributed by atoms with Crippen molar-refractivity contribution in [1.29, 1.82) is 0 Å². The highest BCUT2D eigenvalue weighted by atomic mass is 19.1. The van der Waals surface area contributed by atoms with Gasteiger partial charge in [0, 0.05) is 5.56 Å². The zero-order valence-corrected chi connectivity index (χ0v) is 13.4. The third-order valence-corrected chi connectivity index (χ3v) is 3.64. The Labute approximate surface area is 148 Å². The summed E-state index contributed by atoms with van der Waals surface area (Å²) in [5.74, 6) is -2.80. The van der Waals surface area contributed by atoms with E-state index in [1.807, 2.05) is 17.6 Å². The molecule has 0 radical (unpaired) electrons. The summed E-state index contributed by atoms with van der Waals surface area (Å²) >= 11 is 0. The van der Waals surface area contributed by atoms with Crippen LogP contribution in [-0.2, 0) is 9.59 Å². The van der Waals surface area contributed by atoms with Crippen LogP contribution < -0.4 is 10.7 Å². The molecule has 0 heterocycles. The van der Waals surface area contributed by atoms with Crippen LogP contribution in [-0.4, -0.2) is 23.1 Å². The second kappa shape index (κ2) is 7.43. The van der Waals surface area contributed by atoms with Gasteiger partial charge in [0.25, 0.3) is 0 Å². The van der Waals surface area contributed by atoms with Gasteiger partial charge in [-0.2, -0.15) is 5.10 Å². The highest BCUT2D eigenvalue weighted by molar-refractivity contribution is 6.39. The maximum atomic E-state index is 13.5. The molecule has 3 rings (SSSR count). The van der Waals surface area contributed by atoms with E-state index in [9.17, 15) is 19.1 Å². The van der Waals surface area contributed by atoms with Gasteiger partial charge in [-0.3, -0.25) is 9.59 Å². The van der Waals surface area contributed by atoms with E-state index >= 15 is 0 Å². The third-order valence-electron chi connectivity index (χ3n) is 3.64. The molecule has 130 valence electrons. The van der Waals surface area contributed by atoms with Crippen LogP contribution in [0.5, 0.6) is 5.75 Å². The number of fused-ring (bicyclic) bond motifs is 1. The molecule has 3 aromatic carbocycles. The molecule has 0 aliphatic heterocycles. The zero-order valence-electron chi connectivity index (χ0n) is 13.4. The van der Waals surface area contributed by atoms with Crippen LogP contribution in [0.15, 0.2) is 65.8 Å². The highest BCUT2D eigenvalue weighted by Gasteiger charge is 2.14. The topological polar surface area (TPSA) is 90.8 Å². The van der Waals surface area contributed by atoms with Crippen molar-refractivity contribution in [2.45, 2.75) is 0 Å². The summed E-state index contributed by atoms with van der Waals surface area (Å²) < 4.78 is 13.5. The van der Waals surface area contributed by atoms with E-state index in [4.69, 9.17) is 0 Å². The average molecular weight is 351 g/mol. The number of hydrazone groups is 1. The van der Waals surface area contributed by atoms with Gasteiger partial charge in [-0.1, -0.05) is 42.5 Å². The number of aromatic hydroxyl groups is 1. The Morgan fingerprint density at radius 2 is 1.69 bits per heavy atom. The summed E-state index contributed by atoms with van der Waals surface area (Å²) in [6.45, 7) is 0. The van der Waals surface area contributed by atoms with Crippen LogP contribution in [0.3, 0.4) is 0 Å². The quantitative estimate of drug-likeness (QED) is 0.385. The molecule has 2 amide bonds. The van der Waals surface area contributed by atoms with E-state index < -0.39 is 17.6 Å². The predicted molar refractivity (Wildman–Crippen MR) is 96.4 cm³/mol. The number of benzene rings is 3. The molecule has 3 N–H and O–H groups in total. The van der Waals surface area contributed by atoms with Crippen LogP contribution in [0.2, 0.25) is 0 Å². The largest absolute Gasteiger partial charge is 0.507 e. The van der Waals surface area contributed by atoms with Gasteiger partial charge in [0.1, 0.15) is 11.6 Å². The fourth-order valence-corrected chi connectivity index (χ4v) is 2.37. The molecule has 0 spiro atoms.